The van der Waals surface area contributed by atoms with Crippen molar-refractivity contribution in [1.82, 2.24) is 5.32 Å². The third kappa shape index (κ3) is 5.36. The van der Waals surface area contributed by atoms with Crippen LogP contribution in [0.25, 0.3) is 0 Å². The van der Waals surface area contributed by atoms with Gasteiger partial charge in [-0.25, -0.2) is 0 Å². The molecule has 0 aliphatic heterocycles. The number of hydrogen-bond acceptors (Lipinski definition) is 3. The highest BCUT2D eigenvalue weighted by atomic mass is 35.5. The van der Waals surface area contributed by atoms with Crippen molar-refractivity contribution < 1.29 is 9.59 Å². The maximum absolute atomic E-state index is 12.0. The number of carbonyl (C=O) groups is 2. The highest BCUT2D eigenvalue weighted by molar-refractivity contribution is 5.88. The molecule has 2 amide bonds. The van der Waals surface area contributed by atoms with E-state index in [1.54, 1.807) is 0 Å². The Morgan fingerprint density at radius 1 is 1.24 bits per heavy atom. The summed E-state index contributed by atoms with van der Waals surface area (Å²) in [7, 11) is 0. The topological polar surface area (TPSA) is 84.2 Å². The average molecular weight is 312 g/mol. The van der Waals surface area contributed by atoms with Crippen LogP contribution >= 0.6 is 12.4 Å². The van der Waals surface area contributed by atoms with Crippen LogP contribution in [0.5, 0.6) is 0 Å². The molecule has 6 heteroatoms. The van der Waals surface area contributed by atoms with Gasteiger partial charge in [0.2, 0.25) is 11.8 Å². The van der Waals surface area contributed by atoms with Gasteiger partial charge in [0.05, 0.1) is 0 Å². The molecule has 1 fully saturated rings. The Morgan fingerprint density at radius 3 is 2.43 bits per heavy atom. The molecule has 1 saturated carbocycles. The van der Waals surface area contributed by atoms with Crippen LogP contribution in [0.4, 0.5) is 5.69 Å². The van der Waals surface area contributed by atoms with E-state index in [1.807, 2.05) is 24.3 Å². The van der Waals surface area contributed by atoms with Gasteiger partial charge >= 0.3 is 0 Å². The number of hydrogen-bond donors (Lipinski definition) is 3. The summed E-state index contributed by atoms with van der Waals surface area (Å²) in [4.78, 5) is 22.9. The highest BCUT2D eigenvalue weighted by Gasteiger charge is 2.27. The molecular weight excluding hydrogens is 290 g/mol. The third-order valence-corrected chi connectivity index (χ3v) is 3.59. The minimum absolute atomic E-state index is 0. The maximum atomic E-state index is 12.0. The van der Waals surface area contributed by atoms with Crippen LogP contribution in [0, 0.1) is 5.92 Å². The number of benzene rings is 1. The first-order valence-electron chi connectivity index (χ1n) is 6.94. The fourth-order valence-electron chi connectivity index (χ4n) is 2.50. The first kappa shape index (κ1) is 17.5. The quantitative estimate of drug-likeness (QED) is 0.793. The zero-order valence-electron chi connectivity index (χ0n) is 12.1. The van der Waals surface area contributed by atoms with Gasteiger partial charge in [0.1, 0.15) is 0 Å². The van der Waals surface area contributed by atoms with Gasteiger partial charge < -0.3 is 16.4 Å². The van der Waals surface area contributed by atoms with E-state index in [2.05, 4.69) is 10.6 Å². The summed E-state index contributed by atoms with van der Waals surface area (Å²) in [6.45, 7) is 1.98. The maximum Gasteiger partial charge on any atom is 0.223 e. The van der Waals surface area contributed by atoms with E-state index in [0.29, 0.717) is 6.54 Å². The summed E-state index contributed by atoms with van der Waals surface area (Å²) < 4.78 is 0. The van der Waals surface area contributed by atoms with E-state index in [0.717, 1.165) is 30.5 Å². The van der Waals surface area contributed by atoms with Crippen molar-refractivity contribution in [1.29, 1.82) is 0 Å². The van der Waals surface area contributed by atoms with Crippen molar-refractivity contribution in [3.63, 3.8) is 0 Å². The van der Waals surface area contributed by atoms with E-state index in [4.69, 9.17) is 5.73 Å². The van der Waals surface area contributed by atoms with Crippen LogP contribution in [-0.2, 0) is 16.1 Å². The smallest absolute Gasteiger partial charge is 0.223 e. The molecule has 1 aromatic rings. The lowest BCUT2D eigenvalue weighted by Gasteiger charge is -2.11. The fourth-order valence-corrected chi connectivity index (χ4v) is 2.50. The first-order chi connectivity index (χ1) is 9.54. The Bertz CT molecular complexity index is 490. The normalized spacial score (nSPS) is 20.5. The minimum atomic E-state index is -0.0939. The number of halogens is 1. The molecule has 0 heterocycles. The van der Waals surface area contributed by atoms with Gasteiger partial charge in [0.25, 0.3) is 0 Å². The first-order valence-corrected chi connectivity index (χ1v) is 6.94. The number of nitrogens with two attached hydrogens (primary N) is 1. The molecule has 0 spiro atoms. The number of rotatable bonds is 4. The van der Waals surface area contributed by atoms with Crippen LogP contribution in [0.1, 0.15) is 31.7 Å². The highest BCUT2D eigenvalue weighted by Crippen LogP contribution is 2.24. The van der Waals surface area contributed by atoms with Crippen molar-refractivity contribution in [2.24, 2.45) is 11.7 Å². The molecule has 2 rings (SSSR count). The largest absolute Gasteiger partial charge is 0.352 e. The Labute approximate surface area is 131 Å². The van der Waals surface area contributed by atoms with Crippen LogP contribution in [0.2, 0.25) is 0 Å². The summed E-state index contributed by atoms with van der Waals surface area (Å²) in [5.41, 5.74) is 7.58. The van der Waals surface area contributed by atoms with Gasteiger partial charge in [-0.1, -0.05) is 12.1 Å². The second-order valence-corrected chi connectivity index (χ2v) is 5.37. The van der Waals surface area contributed by atoms with Crippen LogP contribution < -0.4 is 16.4 Å². The van der Waals surface area contributed by atoms with Crippen LogP contribution in [-0.4, -0.2) is 17.9 Å². The van der Waals surface area contributed by atoms with Gasteiger partial charge in [0.15, 0.2) is 0 Å². The summed E-state index contributed by atoms with van der Waals surface area (Å²) in [6.07, 6.45) is 2.60. The molecule has 4 N–H and O–H groups in total. The lowest BCUT2D eigenvalue weighted by molar-refractivity contribution is -0.125. The molecule has 2 unspecified atom stereocenters. The van der Waals surface area contributed by atoms with Gasteiger partial charge in [-0.05, 0) is 37.0 Å². The molecule has 21 heavy (non-hydrogen) atoms. The average Bonchev–Trinajstić information content (AvgIpc) is 2.84. The van der Waals surface area contributed by atoms with E-state index >= 15 is 0 Å². The lowest BCUT2D eigenvalue weighted by atomic mass is 10.1. The van der Waals surface area contributed by atoms with Crippen LogP contribution in [0.15, 0.2) is 24.3 Å². The Balaban J connectivity index is 0.00000220. The summed E-state index contributed by atoms with van der Waals surface area (Å²) in [6, 6.07) is 7.61. The number of nitrogens with one attached hydrogen (secondary N) is 2. The minimum Gasteiger partial charge on any atom is -0.352 e. The SMILES string of the molecule is CC(=O)Nc1ccc(CNC(=O)C2CCC(N)C2)cc1.Cl. The number of amides is 2. The fraction of sp³-hybridized carbons (Fsp3) is 0.467. The van der Waals surface area contributed by atoms with Crippen molar-refractivity contribution in [2.75, 3.05) is 5.32 Å². The van der Waals surface area contributed by atoms with Crippen molar-refractivity contribution in [3.05, 3.63) is 29.8 Å². The predicted molar refractivity (Wildman–Crippen MR) is 85.2 cm³/mol. The second kappa shape index (κ2) is 8.00. The van der Waals surface area contributed by atoms with E-state index in [-0.39, 0.29) is 36.2 Å². The van der Waals surface area contributed by atoms with E-state index < -0.39 is 0 Å². The molecule has 2 atom stereocenters. The second-order valence-electron chi connectivity index (χ2n) is 5.37. The summed E-state index contributed by atoms with van der Waals surface area (Å²) in [5, 5.41) is 5.65. The molecular formula is C15H22ClN3O2. The zero-order chi connectivity index (χ0) is 14.5. The predicted octanol–water partition coefficient (Wildman–Crippen LogP) is 1.81. The van der Waals surface area contributed by atoms with Gasteiger partial charge in [-0.15, -0.1) is 12.4 Å². The molecule has 1 aliphatic rings. The molecule has 1 aliphatic carbocycles. The Hall–Kier alpha value is -1.59. The van der Waals surface area contributed by atoms with Gasteiger partial charge in [-0.3, -0.25) is 9.59 Å². The van der Waals surface area contributed by atoms with Gasteiger partial charge in [-0.2, -0.15) is 0 Å². The van der Waals surface area contributed by atoms with Gasteiger partial charge in [0, 0.05) is 31.1 Å². The molecule has 5 nitrogen and oxygen atoms in total. The summed E-state index contributed by atoms with van der Waals surface area (Å²) >= 11 is 0. The molecule has 1 aromatic carbocycles. The molecule has 0 bridgehead atoms. The third-order valence-electron chi connectivity index (χ3n) is 3.59. The Morgan fingerprint density at radius 2 is 1.90 bits per heavy atom. The van der Waals surface area contributed by atoms with Crippen molar-refractivity contribution in [2.45, 2.75) is 38.8 Å². The number of carbonyl (C=O) groups excluding carboxylic acids is 2. The standard InChI is InChI=1S/C15H21N3O2.ClH/c1-10(19)18-14-6-2-11(3-7-14)9-17-15(20)12-4-5-13(16)8-12;/h2-3,6-7,12-13H,4-5,8-9,16H2,1H3,(H,17,20)(H,18,19);1H. The monoisotopic (exact) mass is 311 g/mol. The van der Waals surface area contributed by atoms with Crippen molar-refractivity contribution >= 4 is 29.9 Å². The van der Waals surface area contributed by atoms with E-state index in [9.17, 15) is 9.59 Å². The van der Waals surface area contributed by atoms with Crippen molar-refractivity contribution in [3.8, 4) is 0 Å². The molecule has 0 aromatic heterocycles. The molecule has 0 radical (unpaired) electrons. The van der Waals surface area contributed by atoms with E-state index in [1.165, 1.54) is 6.92 Å². The Kier molecular flexibility index (Phi) is 6.65. The van der Waals surface area contributed by atoms with Crippen LogP contribution in [0.3, 0.4) is 0 Å². The lowest BCUT2D eigenvalue weighted by Crippen LogP contribution is -2.29. The zero-order valence-corrected chi connectivity index (χ0v) is 12.9. The number of anilines is 1. The molecule has 0 saturated heterocycles. The summed E-state index contributed by atoms with van der Waals surface area (Å²) in [5.74, 6) is 0.0520. The molecule has 116 valence electrons.